The van der Waals surface area contributed by atoms with Crippen LogP contribution in [0.1, 0.15) is 66.2 Å². The lowest BCUT2D eigenvalue weighted by molar-refractivity contribution is 0.172. The van der Waals surface area contributed by atoms with Crippen LogP contribution in [-0.4, -0.2) is 37.1 Å². The minimum absolute atomic E-state index is 0.487. The second-order valence-corrected chi connectivity index (χ2v) is 6.75. The molecule has 0 amide bonds. The highest BCUT2D eigenvalue weighted by atomic mass is 15.2. The lowest BCUT2D eigenvalue weighted by Crippen LogP contribution is -2.36. The summed E-state index contributed by atoms with van der Waals surface area (Å²) < 4.78 is 0. The van der Waals surface area contributed by atoms with Crippen molar-refractivity contribution < 1.29 is 0 Å². The third-order valence-electron chi connectivity index (χ3n) is 4.26. The molecule has 1 saturated heterocycles. The maximum atomic E-state index is 3.66. The highest BCUT2D eigenvalue weighted by Gasteiger charge is 2.23. The first-order chi connectivity index (χ1) is 8.57. The van der Waals surface area contributed by atoms with E-state index in [0.717, 1.165) is 6.04 Å². The third-order valence-corrected chi connectivity index (χ3v) is 4.26. The highest BCUT2D eigenvalue weighted by Crippen LogP contribution is 2.25. The van der Waals surface area contributed by atoms with E-state index in [1.54, 1.807) is 0 Å². The second-order valence-electron chi connectivity index (χ2n) is 6.75. The van der Waals surface area contributed by atoms with Crippen LogP contribution in [-0.2, 0) is 0 Å². The fraction of sp³-hybridized carbons (Fsp3) is 1.00. The summed E-state index contributed by atoms with van der Waals surface area (Å²) in [5.74, 6) is 0. The first kappa shape index (κ1) is 16.0. The van der Waals surface area contributed by atoms with E-state index < -0.39 is 0 Å². The Hall–Kier alpha value is -0.0800. The van der Waals surface area contributed by atoms with Gasteiger partial charge in [0.25, 0.3) is 0 Å². The summed E-state index contributed by atoms with van der Waals surface area (Å²) in [5, 5.41) is 3.66. The Kier molecular flexibility index (Phi) is 7.25. The van der Waals surface area contributed by atoms with Gasteiger partial charge in [-0.2, -0.15) is 0 Å². The van der Waals surface area contributed by atoms with Crippen molar-refractivity contribution in [3.63, 3.8) is 0 Å². The zero-order chi connectivity index (χ0) is 13.4. The van der Waals surface area contributed by atoms with E-state index in [2.05, 4.69) is 37.9 Å². The zero-order valence-corrected chi connectivity index (χ0v) is 13.1. The van der Waals surface area contributed by atoms with Crippen LogP contribution in [0.3, 0.4) is 0 Å². The average molecular weight is 254 g/mol. The molecule has 1 heterocycles. The lowest BCUT2D eigenvalue weighted by atomic mass is 9.86. The molecule has 1 atom stereocenters. The van der Waals surface area contributed by atoms with Crippen LogP contribution in [0.2, 0.25) is 0 Å². The summed E-state index contributed by atoms with van der Waals surface area (Å²) >= 11 is 0. The predicted molar refractivity (Wildman–Crippen MR) is 81.1 cm³/mol. The normalized spacial score (nSPS) is 23.0. The van der Waals surface area contributed by atoms with Gasteiger partial charge in [-0.05, 0) is 31.2 Å². The SMILES string of the molecule is CCCCCC(C)(C)CN1CCNC(CC)CC1. The molecule has 2 heteroatoms. The van der Waals surface area contributed by atoms with Crippen molar-refractivity contribution in [1.82, 2.24) is 10.2 Å². The Labute approximate surface area is 115 Å². The van der Waals surface area contributed by atoms with Gasteiger partial charge in [-0.3, -0.25) is 0 Å². The van der Waals surface area contributed by atoms with Crippen molar-refractivity contribution in [2.24, 2.45) is 5.41 Å². The van der Waals surface area contributed by atoms with E-state index in [1.807, 2.05) is 0 Å². The van der Waals surface area contributed by atoms with E-state index >= 15 is 0 Å². The van der Waals surface area contributed by atoms with Crippen LogP contribution in [0, 0.1) is 5.41 Å². The molecule has 0 aromatic heterocycles. The van der Waals surface area contributed by atoms with Crippen molar-refractivity contribution in [2.45, 2.75) is 72.3 Å². The topological polar surface area (TPSA) is 15.3 Å². The lowest BCUT2D eigenvalue weighted by Gasteiger charge is -2.32. The van der Waals surface area contributed by atoms with Crippen molar-refractivity contribution in [2.75, 3.05) is 26.2 Å². The van der Waals surface area contributed by atoms with Gasteiger partial charge in [0.1, 0.15) is 0 Å². The summed E-state index contributed by atoms with van der Waals surface area (Å²) in [6.45, 7) is 14.4. The van der Waals surface area contributed by atoms with Crippen molar-refractivity contribution in [3.05, 3.63) is 0 Å². The molecular weight excluding hydrogens is 220 g/mol. The molecule has 0 spiro atoms. The fourth-order valence-corrected chi connectivity index (χ4v) is 3.02. The Morgan fingerprint density at radius 2 is 1.94 bits per heavy atom. The Morgan fingerprint density at radius 1 is 1.17 bits per heavy atom. The molecule has 108 valence electrons. The Bertz CT molecular complexity index is 213. The van der Waals surface area contributed by atoms with Gasteiger partial charge in [0, 0.05) is 25.7 Å². The zero-order valence-electron chi connectivity index (χ0n) is 13.1. The van der Waals surface area contributed by atoms with E-state index in [-0.39, 0.29) is 0 Å². The van der Waals surface area contributed by atoms with Gasteiger partial charge in [0.15, 0.2) is 0 Å². The highest BCUT2D eigenvalue weighted by molar-refractivity contribution is 4.79. The maximum Gasteiger partial charge on any atom is 0.0107 e. The Morgan fingerprint density at radius 3 is 2.61 bits per heavy atom. The van der Waals surface area contributed by atoms with Crippen LogP contribution in [0.15, 0.2) is 0 Å². The van der Waals surface area contributed by atoms with Crippen LogP contribution >= 0.6 is 0 Å². The summed E-state index contributed by atoms with van der Waals surface area (Å²) in [6.07, 6.45) is 8.09. The minimum atomic E-state index is 0.487. The van der Waals surface area contributed by atoms with Gasteiger partial charge in [-0.15, -0.1) is 0 Å². The van der Waals surface area contributed by atoms with E-state index in [4.69, 9.17) is 0 Å². The largest absolute Gasteiger partial charge is 0.313 e. The smallest absolute Gasteiger partial charge is 0.0107 e. The second kappa shape index (κ2) is 8.16. The summed E-state index contributed by atoms with van der Waals surface area (Å²) in [4.78, 5) is 2.68. The minimum Gasteiger partial charge on any atom is -0.313 e. The van der Waals surface area contributed by atoms with E-state index in [1.165, 1.54) is 64.7 Å². The molecule has 0 aliphatic carbocycles. The van der Waals surface area contributed by atoms with Gasteiger partial charge in [-0.25, -0.2) is 0 Å². The monoisotopic (exact) mass is 254 g/mol. The molecule has 1 unspecified atom stereocenters. The number of hydrogen-bond acceptors (Lipinski definition) is 2. The molecule has 0 aromatic carbocycles. The number of rotatable bonds is 7. The van der Waals surface area contributed by atoms with Gasteiger partial charge in [0.2, 0.25) is 0 Å². The standard InChI is InChI=1S/C16H34N2/c1-5-7-8-10-16(3,4)14-18-12-9-15(6-2)17-11-13-18/h15,17H,5-14H2,1-4H3. The Balaban J connectivity index is 2.31. The number of hydrogen-bond donors (Lipinski definition) is 1. The van der Waals surface area contributed by atoms with Crippen LogP contribution < -0.4 is 5.32 Å². The molecular formula is C16H34N2. The molecule has 1 aliphatic heterocycles. The first-order valence-electron chi connectivity index (χ1n) is 8.03. The fourth-order valence-electron chi connectivity index (χ4n) is 3.02. The van der Waals surface area contributed by atoms with Crippen molar-refractivity contribution in [1.29, 1.82) is 0 Å². The molecule has 0 radical (unpaired) electrons. The quantitative estimate of drug-likeness (QED) is 0.697. The molecule has 1 aliphatic rings. The molecule has 0 aromatic rings. The number of unbranched alkanes of at least 4 members (excludes halogenated alkanes) is 2. The van der Waals surface area contributed by atoms with Gasteiger partial charge >= 0.3 is 0 Å². The van der Waals surface area contributed by atoms with Gasteiger partial charge in [-0.1, -0.05) is 47.0 Å². The molecule has 1 N–H and O–H groups in total. The molecule has 1 rings (SSSR count). The third kappa shape index (κ3) is 6.19. The van der Waals surface area contributed by atoms with E-state index in [9.17, 15) is 0 Å². The molecule has 1 fully saturated rings. The first-order valence-corrected chi connectivity index (χ1v) is 8.03. The molecule has 0 saturated carbocycles. The molecule has 0 bridgehead atoms. The van der Waals surface area contributed by atoms with Crippen LogP contribution in [0.5, 0.6) is 0 Å². The van der Waals surface area contributed by atoms with Crippen LogP contribution in [0.25, 0.3) is 0 Å². The van der Waals surface area contributed by atoms with Crippen molar-refractivity contribution >= 4 is 0 Å². The summed E-state index contributed by atoms with van der Waals surface area (Å²) in [5.41, 5.74) is 0.487. The molecule has 18 heavy (non-hydrogen) atoms. The predicted octanol–water partition coefficient (Wildman–Crippen LogP) is 3.67. The van der Waals surface area contributed by atoms with E-state index in [0.29, 0.717) is 5.41 Å². The van der Waals surface area contributed by atoms with Gasteiger partial charge in [0.05, 0.1) is 0 Å². The number of nitrogens with zero attached hydrogens (tertiary/aromatic N) is 1. The summed E-state index contributed by atoms with van der Waals surface area (Å²) in [7, 11) is 0. The summed E-state index contributed by atoms with van der Waals surface area (Å²) in [6, 6.07) is 0.748. The van der Waals surface area contributed by atoms with Crippen molar-refractivity contribution in [3.8, 4) is 0 Å². The average Bonchev–Trinajstić information content (AvgIpc) is 2.54. The number of nitrogens with one attached hydrogen (secondary N) is 1. The van der Waals surface area contributed by atoms with Crippen LogP contribution in [0.4, 0.5) is 0 Å². The molecule has 2 nitrogen and oxygen atoms in total. The maximum absolute atomic E-state index is 3.66. The van der Waals surface area contributed by atoms with Gasteiger partial charge < -0.3 is 10.2 Å².